The van der Waals surface area contributed by atoms with Gasteiger partial charge in [-0.25, -0.2) is 0 Å². The molecule has 2 N–H and O–H groups in total. The van der Waals surface area contributed by atoms with Crippen molar-refractivity contribution in [2.45, 2.75) is 56.8 Å². The molecule has 5 nitrogen and oxygen atoms in total. The zero-order valence-corrected chi connectivity index (χ0v) is 20.0. The third kappa shape index (κ3) is 6.80. The van der Waals surface area contributed by atoms with Gasteiger partial charge in [0.15, 0.2) is 0 Å². The summed E-state index contributed by atoms with van der Waals surface area (Å²) in [7, 11) is 0. The molecule has 2 aliphatic carbocycles. The van der Waals surface area contributed by atoms with Crippen LogP contribution < -0.4 is 10.6 Å². The molecule has 0 saturated heterocycles. The van der Waals surface area contributed by atoms with Gasteiger partial charge >= 0.3 is 0 Å². The summed E-state index contributed by atoms with van der Waals surface area (Å²) in [5, 5.41) is 6.33. The fourth-order valence-corrected chi connectivity index (χ4v) is 4.46. The SMILES string of the molecule is O=C(CN(Cc1ccc(C(=O)NC2CC2)cc1)C1CC1)NC(Cc1ccccc1)c1ccccc1. The molecule has 5 rings (SSSR count). The Hall–Kier alpha value is -3.44. The second-order valence-corrected chi connectivity index (χ2v) is 9.80. The molecule has 0 heterocycles. The molecule has 0 spiro atoms. The van der Waals surface area contributed by atoms with E-state index in [1.807, 2.05) is 60.7 Å². The Morgan fingerprint density at radius 3 is 2.09 bits per heavy atom. The Bertz CT molecular complexity index is 1120. The number of carbonyl (C=O) groups excluding carboxylic acids is 2. The van der Waals surface area contributed by atoms with Crippen LogP contribution in [0.15, 0.2) is 84.9 Å². The highest BCUT2D eigenvalue weighted by Crippen LogP contribution is 2.28. The minimum Gasteiger partial charge on any atom is -0.349 e. The van der Waals surface area contributed by atoms with Crippen LogP contribution in [0.3, 0.4) is 0 Å². The first kappa shape index (κ1) is 23.3. The van der Waals surface area contributed by atoms with Gasteiger partial charge in [-0.05, 0) is 60.9 Å². The zero-order valence-electron chi connectivity index (χ0n) is 20.0. The fourth-order valence-electron chi connectivity index (χ4n) is 4.46. The highest BCUT2D eigenvalue weighted by molar-refractivity contribution is 5.94. The van der Waals surface area contributed by atoms with Crippen LogP contribution in [-0.2, 0) is 17.8 Å². The largest absolute Gasteiger partial charge is 0.349 e. The number of amides is 2. The molecule has 2 amide bonds. The van der Waals surface area contributed by atoms with E-state index in [-0.39, 0.29) is 17.9 Å². The lowest BCUT2D eigenvalue weighted by Gasteiger charge is -2.25. The second kappa shape index (κ2) is 10.9. The number of nitrogens with zero attached hydrogens (tertiary/aromatic N) is 1. The number of hydrogen-bond acceptors (Lipinski definition) is 3. The number of benzene rings is 3. The van der Waals surface area contributed by atoms with Crippen molar-refractivity contribution < 1.29 is 9.59 Å². The molecule has 1 atom stereocenters. The van der Waals surface area contributed by atoms with Gasteiger partial charge in [-0.15, -0.1) is 0 Å². The molecule has 0 aromatic heterocycles. The fraction of sp³-hybridized carbons (Fsp3) is 0.333. The maximum atomic E-state index is 13.2. The number of carbonyl (C=O) groups is 2. The molecule has 180 valence electrons. The normalized spacial score (nSPS) is 16.0. The minimum absolute atomic E-state index is 0.00264. The van der Waals surface area contributed by atoms with Crippen LogP contribution in [0.5, 0.6) is 0 Å². The van der Waals surface area contributed by atoms with Gasteiger partial charge in [-0.1, -0.05) is 72.8 Å². The number of hydrogen-bond donors (Lipinski definition) is 2. The molecular formula is C30H33N3O2. The third-order valence-corrected chi connectivity index (χ3v) is 6.74. The van der Waals surface area contributed by atoms with Crippen LogP contribution in [-0.4, -0.2) is 35.3 Å². The van der Waals surface area contributed by atoms with E-state index in [1.165, 1.54) is 5.56 Å². The predicted octanol–water partition coefficient (Wildman–Crippen LogP) is 4.64. The quantitative estimate of drug-likeness (QED) is 0.432. The van der Waals surface area contributed by atoms with Crippen molar-refractivity contribution >= 4 is 11.8 Å². The van der Waals surface area contributed by atoms with Crippen LogP contribution in [0.25, 0.3) is 0 Å². The van der Waals surface area contributed by atoms with Crippen LogP contribution in [0.2, 0.25) is 0 Å². The monoisotopic (exact) mass is 467 g/mol. The maximum absolute atomic E-state index is 13.2. The zero-order chi connectivity index (χ0) is 24.0. The molecule has 0 radical (unpaired) electrons. The van der Waals surface area contributed by atoms with E-state index < -0.39 is 0 Å². The van der Waals surface area contributed by atoms with Crippen molar-refractivity contribution in [2.75, 3.05) is 6.54 Å². The van der Waals surface area contributed by atoms with Crippen molar-refractivity contribution in [3.05, 3.63) is 107 Å². The molecule has 0 bridgehead atoms. The van der Waals surface area contributed by atoms with Gasteiger partial charge in [0.2, 0.25) is 5.91 Å². The molecular weight excluding hydrogens is 434 g/mol. The van der Waals surface area contributed by atoms with Crippen molar-refractivity contribution in [1.82, 2.24) is 15.5 Å². The summed E-state index contributed by atoms with van der Waals surface area (Å²) in [5.74, 6) is 0.0463. The molecule has 3 aromatic carbocycles. The lowest BCUT2D eigenvalue weighted by Crippen LogP contribution is -2.40. The summed E-state index contributed by atoms with van der Waals surface area (Å²) in [6.45, 7) is 1.07. The average Bonchev–Trinajstić information content (AvgIpc) is 3.80. The van der Waals surface area contributed by atoms with Crippen LogP contribution >= 0.6 is 0 Å². The van der Waals surface area contributed by atoms with Crippen molar-refractivity contribution in [3.8, 4) is 0 Å². The van der Waals surface area contributed by atoms with Crippen LogP contribution in [0, 0.1) is 0 Å². The van der Waals surface area contributed by atoms with Gasteiger partial charge in [-0.3, -0.25) is 14.5 Å². The van der Waals surface area contributed by atoms with E-state index in [2.05, 4.69) is 39.8 Å². The summed E-state index contributed by atoms with van der Waals surface area (Å²) in [6, 6.07) is 29.0. The van der Waals surface area contributed by atoms with E-state index >= 15 is 0 Å². The highest BCUT2D eigenvalue weighted by atomic mass is 16.2. The average molecular weight is 468 g/mol. The maximum Gasteiger partial charge on any atom is 0.251 e. The van der Waals surface area contributed by atoms with Crippen LogP contribution in [0.1, 0.15) is 58.8 Å². The van der Waals surface area contributed by atoms with Gasteiger partial charge in [0, 0.05) is 24.2 Å². The first-order chi connectivity index (χ1) is 17.1. The van der Waals surface area contributed by atoms with E-state index in [4.69, 9.17) is 0 Å². The van der Waals surface area contributed by atoms with E-state index in [0.717, 1.165) is 43.2 Å². The molecule has 2 aliphatic rings. The predicted molar refractivity (Wildman–Crippen MR) is 138 cm³/mol. The van der Waals surface area contributed by atoms with Gasteiger partial charge in [0.05, 0.1) is 12.6 Å². The van der Waals surface area contributed by atoms with Crippen molar-refractivity contribution in [3.63, 3.8) is 0 Å². The summed E-state index contributed by atoms with van der Waals surface area (Å²) >= 11 is 0. The van der Waals surface area contributed by atoms with Crippen LogP contribution in [0.4, 0.5) is 0 Å². The Balaban J connectivity index is 1.22. The summed E-state index contributed by atoms with van der Waals surface area (Å²) < 4.78 is 0. The lowest BCUT2D eigenvalue weighted by atomic mass is 9.99. The Kier molecular flexibility index (Phi) is 7.24. The topological polar surface area (TPSA) is 61.4 Å². The van der Waals surface area contributed by atoms with Crippen molar-refractivity contribution in [2.24, 2.45) is 0 Å². The second-order valence-electron chi connectivity index (χ2n) is 9.80. The summed E-state index contributed by atoms with van der Waals surface area (Å²) in [5.41, 5.74) is 4.13. The van der Waals surface area contributed by atoms with E-state index in [0.29, 0.717) is 30.7 Å². The Labute approximate surface area is 207 Å². The molecule has 0 aliphatic heterocycles. The standard InChI is InChI=1S/C30H33N3O2/c34-29(32-28(24-9-5-2-6-10-24)19-22-7-3-1-4-8-22)21-33(27-17-18-27)20-23-11-13-25(14-12-23)30(35)31-26-15-16-26/h1-14,26-28H,15-21H2,(H,31,35)(H,32,34). The van der Waals surface area contributed by atoms with Gasteiger partial charge in [-0.2, -0.15) is 0 Å². The molecule has 5 heteroatoms. The third-order valence-electron chi connectivity index (χ3n) is 6.74. The van der Waals surface area contributed by atoms with E-state index in [9.17, 15) is 9.59 Å². The first-order valence-corrected chi connectivity index (χ1v) is 12.7. The smallest absolute Gasteiger partial charge is 0.251 e. The Morgan fingerprint density at radius 1 is 0.800 bits per heavy atom. The Morgan fingerprint density at radius 2 is 1.46 bits per heavy atom. The lowest BCUT2D eigenvalue weighted by molar-refractivity contribution is -0.123. The highest BCUT2D eigenvalue weighted by Gasteiger charge is 2.31. The van der Waals surface area contributed by atoms with E-state index in [1.54, 1.807) is 0 Å². The number of nitrogens with one attached hydrogen (secondary N) is 2. The van der Waals surface area contributed by atoms with Gasteiger partial charge in [0.25, 0.3) is 5.91 Å². The molecule has 35 heavy (non-hydrogen) atoms. The van der Waals surface area contributed by atoms with Gasteiger partial charge < -0.3 is 10.6 Å². The first-order valence-electron chi connectivity index (χ1n) is 12.7. The number of rotatable bonds is 11. The van der Waals surface area contributed by atoms with Crippen molar-refractivity contribution in [1.29, 1.82) is 0 Å². The summed E-state index contributed by atoms with van der Waals surface area (Å²) in [4.78, 5) is 27.7. The molecule has 2 fully saturated rings. The molecule has 3 aromatic rings. The molecule has 1 unspecified atom stereocenters. The molecule has 2 saturated carbocycles. The van der Waals surface area contributed by atoms with Gasteiger partial charge in [0.1, 0.15) is 0 Å². The summed E-state index contributed by atoms with van der Waals surface area (Å²) in [6.07, 6.45) is 5.17. The minimum atomic E-state index is -0.0728.